The van der Waals surface area contributed by atoms with Crippen LogP contribution in [0.25, 0.3) is 0 Å². The molecule has 3 rings (SSSR count). The van der Waals surface area contributed by atoms with Crippen molar-refractivity contribution in [2.75, 3.05) is 32.8 Å². The Morgan fingerprint density at radius 3 is 2.12 bits per heavy atom. The standard InChI is InChI=1S/C21H25Cl2NO2/c22-19-7-3-17(4-8-19)21(18-5-9-20(23)10-6-18)26-13-12-24-11-1-2-16(14-24)15-25/h3-10,16,21,25H,1-2,11-15H2. The van der Waals surface area contributed by atoms with Crippen LogP contribution in [0.15, 0.2) is 48.5 Å². The average molecular weight is 394 g/mol. The van der Waals surface area contributed by atoms with Crippen molar-refractivity contribution in [1.29, 1.82) is 0 Å². The molecular formula is C21H25Cl2NO2. The van der Waals surface area contributed by atoms with E-state index in [9.17, 15) is 5.11 Å². The molecule has 1 saturated heterocycles. The van der Waals surface area contributed by atoms with Crippen molar-refractivity contribution in [2.45, 2.75) is 18.9 Å². The first-order valence-electron chi connectivity index (χ1n) is 9.11. The van der Waals surface area contributed by atoms with Gasteiger partial charge in [-0.25, -0.2) is 0 Å². The quantitative estimate of drug-likeness (QED) is 0.732. The van der Waals surface area contributed by atoms with Crippen molar-refractivity contribution in [3.05, 3.63) is 69.7 Å². The number of aliphatic hydroxyl groups is 1. The van der Waals surface area contributed by atoms with Gasteiger partial charge in [-0.2, -0.15) is 0 Å². The second-order valence-electron chi connectivity index (χ2n) is 6.85. The van der Waals surface area contributed by atoms with Crippen LogP contribution in [0.4, 0.5) is 0 Å². The van der Waals surface area contributed by atoms with E-state index in [0.29, 0.717) is 22.6 Å². The van der Waals surface area contributed by atoms with Crippen LogP contribution >= 0.6 is 23.2 Å². The van der Waals surface area contributed by atoms with Crippen molar-refractivity contribution in [1.82, 2.24) is 4.90 Å². The first-order valence-corrected chi connectivity index (χ1v) is 9.87. The Bertz CT molecular complexity index is 630. The highest BCUT2D eigenvalue weighted by Crippen LogP contribution is 2.28. The van der Waals surface area contributed by atoms with E-state index in [1.54, 1.807) is 0 Å². The molecule has 1 aliphatic rings. The van der Waals surface area contributed by atoms with Gasteiger partial charge in [0.15, 0.2) is 0 Å². The second kappa shape index (κ2) is 9.72. The number of ether oxygens (including phenoxy) is 1. The van der Waals surface area contributed by atoms with Crippen LogP contribution in [-0.4, -0.2) is 42.9 Å². The van der Waals surface area contributed by atoms with Crippen molar-refractivity contribution >= 4 is 23.2 Å². The van der Waals surface area contributed by atoms with E-state index in [4.69, 9.17) is 27.9 Å². The maximum atomic E-state index is 9.39. The second-order valence-corrected chi connectivity index (χ2v) is 7.72. The molecule has 1 heterocycles. The molecular weight excluding hydrogens is 369 g/mol. The number of hydrogen-bond acceptors (Lipinski definition) is 3. The number of nitrogens with zero attached hydrogens (tertiary/aromatic N) is 1. The molecule has 1 fully saturated rings. The molecule has 5 heteroatoms. The third-order valence-corrected chi connectivity index (χ3v) is 5.40. The molecule has 0 saturated carbocycles. The molecule has 0 aliphatic carbocycles. The zero-order valence-corrected chi connectivity index (χ0v) is 16.3. The predicted octanol–water partition coefficient (Wildman–Crippen LogP) is 4.80. The van der Waals surface area contributed by atoms with Gasteiger partial charge in [0.2, 0.25) is 0 Å². The minimum Gasteiger partial charge on any atom is -0.396 e. The number of likely N-dealkylation sites (tertiary alicyclic amines) is 1. The maximum Gasteiger partial charge on any atom is 0.108 e. The minimum atomic E-state index is -0.150. The third kappa shape index (κ3) is 5.45. The SMILES string of the molecule is OCC1CCCN(CCOC(c2ccc(Cl)cc2)c2ccc(Cl)cc2)C1. The minimum absolute atomic E-state index is 0.150. The molecule has 1 N–H and O–H groups in total. The molecule has 0 radical (unpaired) electrons. The summed E-state index contributed by atoms with van der Waals surface area (Å²) in [6.07, 6.45) is 2.11. The van der Waals surface area contributed by atoms with Crippen LogP contribution in [0.2, 0.25) is 10.0 Å². The molecule has 2 aromatic rings. The number of aliphatic hydroxyl groups excluding tert-OH is 1. The van der Waals surface area contributed by atoms with Crippen molar-refractivity contribution in [3.63, 3.8) is 0 Å². The van der Waals surface area contributed by atoms with Gasteiger partial charge in [0.05, 0.1) is 6.61 Å². The molecule has 2 aromatic carbocycles. The summed E-state index contributed by atoms with van der Waals surface area (Å²) in [7, 11) is 0. The Morgan fingerprint density at radius 2 is 1.58 bits per heavy atom. The van der Waals surface area contributed by atoms with E-state index in [1.165, 1.54) is 0 Å². The van der Waals surface area contributed by atoms with E-state index in [2.05, 4.69) is 4.90 Å². The van der Waals surface area contributed by atoms with Gasteiger partial charge in [-0.1, -0.05) is 47.5 Å². The zero-order valence-electron chi connectivity index (χ0n) is 14.8. The molecule has 1 unspecified atom stereocenters. The molecule has 0 aromatic heterocycles. The highest BCUT2D eigenvalue weighted by Gasteiger charge is 2.20. The van der Waals surface area contributed by atoms with Crippen LogP contribution in [0, 0.1) is 5.92 Å². The topological polar surface area (TPSA) is 32.7 Å². The molecule has 0 bridgehead atoms. The first-order chi connectivity index (χ1) is 12.7. The molecule has 0 spiro atoms. The van der Waals surface area contributed by atoms with E-state index in [-0.39, 0.29) is 12.7 Å². The lowest BCUT2D eigenvalue weighted by Gasteiger charge is -2.32. The largest absolute Gasteiger partial charge is 0.396 e. The summed E-state index contributed by atoms with van der Waals surface area (Å²) in [6, 6.07) is 15.6. The van der Waals surface area contributed by atoms with Gasteiger partial charge in [0.1, 0.15) is 6.10 Å². The fourth-order valence-electron chi connectivity index (χ4n) is 3.46. The van der Waals surface area contributed by atoms with Crippen LogP contribution in [0.1, 0.15) is 30.1 Å². The fraction of sp³-hybridized carbons (Fsp3) is 0.429. The maximum absolute atomic E-state index is 9.39. The average Bonchev–Trinajstić information content (AvgIpc) is 2.67. The van der Waals surface area contributed by atoms with E-state index in [1.807, 2.05) is 48.5 Å². The summed E-state index contributed by atoms with van der Waals surface area (Å²) in [5.41, 5.74) is 2.15. The lowest BCUT2D eigenvalue weighted by atomic mass is 9.99. The highest BCUT2D eigenvalue weighted by molar-refractivity contribution is 6.30. The van der Waals surface area contributed by atoms with Crippen molar-refractivity contribution in [3.8, 4) is 0 Å². The van der Waals surface area contributed by atoms with Gasteiger partial charge < -0.3 is 14.7 Å². The van der Waals surface area contributed by atoms with Crippen molar-refractivity contribution < 1.29 is 9.84 Å². The Labute approximate surface area is 165 Å². The third-order valence-electron chi connectivity index (χ3n) is 4.90. The molecule has 3 nitrogen and oxygen atoms in total. The summed E-state index contributed by atoms with van der Waals surface area (Å²) in [5, 5.41) is 10.8. The fourth-order valence-corrected chi connectivity index (χ4v) is 3.72. The highest BCUT2D eigenvalue weighted by atomic mass is 35.5. The Hall–Kier alpha value is -1.10. The number of benzene rings is 2. The van der Waals surface area contributed by atoms with Gasteiger partial charge in [-0.3, -0.25) is 0 Å². The number of piperidine rings is 1. The van der Waals surface area contributed by atoms with Gasteiger partial charge in [-0.15, -0.1) is 0 Å². The van der Waals surface area contributed by atoms with Gasteiger partial charge in [0.25, 0.3) is 0 Å². The van der Waals surface area contributed by atoms with E-state index >= 15 is 0 Å². The predicted molar refractivity (Wildman–Crippen MR) is 107 cm³/mol. The molecule has 140 valence electrons. The zero-order chi connectivity index (χ0) is 18.4. The normalized spacial score (nSPS) is 18.4. The Morgan fingerprint density at radius 1 is 1.00 bits per heavy atom. The summed E-state index contributed by atoms with van der Waals surface area (Å²) in [5.74, 6) is 0.395. The Balaban J connectivity index is 1.66. The lowest BCUT2D eigenvalue weighted by Crippen LogP contribution is -2.38. The summed E-state index contributed by atoms with van der Waals surface area (Å²) < 4.78 is 6.28. The molecule has 1 atom stereocenters. The number of rotatable bonds is 7. The molecule has 1 aliphatic heterocycles. The first kappa shape index (κ1) is 19.7. The van der Waals surface area contributed by atoms with Crippen LogP contribution in [0.5, 0.6) is 0 Å². The van der Waals surface area contributed by atoms with Gasteiger partial charge in [-0.05, 0) is 60.7 Å². The Kier molecular flexibility index (Phi) is 7.35. The van der Waals surface area contributed by atoms with Crippen molar-refractivity contribution in [2.24, 2.45) is 5.92 Å². The van der Waals surface area contributed by atoms with Gasteiger partial charge in [0, 0.05) is 29.7 Å². The number of hydrogen-bond donors (Lipinski definition) is 1. The van der Waals surface area contributed by atoms with Crippen LogP contribution < -0.4 is 0 Å². The van der Waals surface area contributed by atoms with E-state index in [0.717, 1.165) is 43.6 Å². The molecule has 0 amide bonds. The lowest BCUT2D eigenvalue weighted by molar-refractivity contribution is 0.0431. The van der Waals surface area contributed by atoms with E-state index < -0.39 is 0 Å². The molecule has 26 heavy (non-hydrogen) atoms. The summed E-state index contributed by atoms with van der Waals surface area (Å²) in [4.78, 5) is 2.38. The number of halogens is 2. The summed E-state index contributed by atoms with van der Waals surface area (Å²) in [6.45, 7) is 3.80. The van der Waals surface area contributed by atoms with Gasteiger partial charge >= 0.3 is 0 Å². The monoisotopic (exact) mass is 393 g/mol. The van der Waals surface area contributed by atoms with Crippen LogP contribution in [-0.2, 0) is 4.74 Å². The van der Waals surface area contributed by atoms with Crippen LogP contribution in [0.3, 0.4) is 0 Å². The smallest absolute Gasteiger partial charge is 0.108 e. The summed E-state index contributed by atoms with van der Waals surface area (Å²) >= 11 is 12.1.